The Morgan fingerprint density at radius 2 is 1.96 bits per heavy atom. The van der Waals surface area contributed by atoms with Gasteiger partial charge < -0.3 is 5.32 Å². The molecule has 130 valence electrons. The molecule has 0 saturated heterocycles. The normalized spacial score (nSPS) is 12.8. The number of nitrogens with one attached hydrogen (secondary N) is 2. The van der Waals surface area contributed by atoms with Crippen LogP contribution in [0.15, 0.2) is 22.5 Å². The van der Waals surface area contributed by atoms with Gasteiger partial charge in [-0.15, -0.1) is 10.2 Å². The first-order valence-corrected chi connectivity index (χ1v) is 9.73. The number of carbonyl (C=O) groups excluding carboxylic acids is 1. The fourth-order valence-electron chi connectivity index (χ4n) is 2.13. The van der Waals surface area contributed by atoms with E-state index in [0.717, 1.165) is 28.0 Å². The van der Waals surface area contributed by atoms with E-state index in [1.807, 2.05) is 39.0 Å². The number of hydrogen-bond acceptors (Lipinski definition) is 6. The van der Waals surface area contributed by atoms with Crippen LogP contribution in [0.2, 0.25) is 0 Å². The molecule has 2 rings (SSSR count). The summed E-state index contributed by atoms with van der Waals surface area (Å²) >= 11 is 0.817. The van der Waals surface area contributed by atoms with Crippen LogP contribution >= 0.6 is 11.3 Å². The standard InChI is InChI=1S/C15H20N4O3S2/c1-5-13(12-7-6-9(2)10(3)8-12)19-24(21,22)15-18-17-14(23-15)16-11(4)20/h6-8,13,19H,5H2,1-4H3,(H,16,17,20). The van der Waals surface area contributed by atoms with Crippen LogP contribution < -0.4 is 10.0 Å². The Morgan fingerprint density at radius 3 is 2.54 bits per heavy atom. The molecule has 9 heteroatoms. The molecule has 0 bridgehead atoms. The van der Waals surface area contributed by atoms with Crippen LogP contribution in [0.5, 0.6) is 0 Å². The number of amides is 1. The van der Waals surface area contributed by atoms with Gasteiger partial charge in [-0.2, -0.15) is 0 Å². The molecule has 0 fully saturated rings. The Bertz CT molecular complexity index is 846. The van der Waals surface area contributed by atoms with E-state index >= 15 is 0 Å². The fourth-order valence-corrected chi connectivity index (χ4v) is 4.40. The van der Waals surface area contributed by atoms with Gasteiger partial charge in [0.25, 0.3) is 10.0 Å². The summed E-state index contributed by atoms with van der Waals surface area (Å²) in [6, 6.07) is 5.51. The smallest absolute Gasteiger partial charge is 0.270 e. The maximum atomic E-state index is 12.5. The molecule has 1 aromatic heterocycles. The van der Waals surface area contributed by atoms with Gasteiger partial charge in [-0.05, 0) is 37.0 Å². The molecule has 0 aliphatic carbocycles. The lowest BCUT2D eigenvalue weighted by Gasteiger charge is -2.17. The molecule has 1 amide bonds. The van der Waals surface area contributed by atoms with Gasteiger partial charge in [0.2, 0.25) is 15.4 Å². The highest BCUT2D eigenvalue weighted by Gasteiger charge is 2.24. The minimum Gasteiger partial charge on any atom is -0.301 e. The third kappa shape index (κ3) is 4.37. The number of aromatic nitrogens is 2. The summed E-state index contributed by atoms with van der Waals surface area (Å²) in [5, 5.41) is 9.91. The fraction of sp³-hybridized carbons (Fsp3) is 0.400. The lowest BCUT2D eigenvalue weighted by atomic mass is 10.0. The Hall–Kier alpha value is -1.84. The Morgan fingerprint density at radius 1 is 1.25 bits per heavy atom. The predicted molar refractivity (Wildman–Crippen MR) is 93.5 cm³/mol. The van der Waals surface area contributed by atoms with Crippen LogP contribution in [0, 0.1) is 13.8 Å². The molecule has 24 heavy (non-hydrogen) atoms. The maximum absolute atomic E-state index is 12.5. The Labute approximate surface area is 145 Å². The van der Waals surface area contributed by atoms with Gasteiger partial charge >= 0.3 is 0 Å². The molecule has 1 unspecified atom stereocenters. The minimum absolute atomic E-state index is 0.155. The average molecular weight is 368 g/mol. The van der Waals surface area contributed by atoms with Crippen LogP contribution in [0.25, 0.3) is 0 Å². The van der Waals surface area contributed by atoms with Gasteiger partial charge in [0.15, 0.2) is 0 Å². The highest BCUT2D eigenvalue weighted by molar-refractivity contribution is 7.91. The zero-order valence-electron chi connectivity index (χ0n) is 14.0. The summed E-state index contributed by atoms with van der Waals surface area (Å²) in [4.78, 5) is 11.0. The van der Waals surface area contributed by atoms with Crippen molar-refractivity contribution < 1.29 is 13.2 Å². The summed E-state index contributed by atoms with van der Waals surface area (Å²) < 4.78 is 27.5. The van der Waals surface area contributed by atoms with E-state index in [2.05, 4.69) is 20.2 Å². The number of nitrogens with zero attached hydrogens (tertiary/aromatic N) is 2. The van der Waals surface area contributed by atoms with E-state index in [0.29, 0.717) is 6.42 Å². The zero-order valence-corrected chi connectivity index (χ0v) is 15.6. The van der Waals surface area contributed by atoms with Crippen molar-refractivity contribution in [3.05, 3.63) is 34.9 Å². The second-order valence-electron chi connectivity index (χ2n) is 5.48. The molecule has 7 nitrogen and oxygen atoms in total. The molecule has 2 N–H and O–H groups in total. The number of aryl methyl sites for hydroxylation is 2. The van der Waals surface area contributed by atoms with E-state index in [-0.39, 0.29) is 21.4 Å². The first kappa shape index (κ1) is 18.5. The minimum atomic E-state index is -3.81. The molecule has 0 aliphatic rings. The molecule has 1 aromatic carbocycles. The molecular weight excluding hydrogens is 348 g/mol. The number of sulfonamides is 1. The van der Waals surface area contributed by atoms with E-state index in [1.165, 1.54) is 6.92 Å². The van der Waals surface area contributed by atoms with Crippen LogP contribution in [0.1, 0.15) is 43.0 Å². The SMILES string of the molecule is CCC(NS(=O)(=O)c1nnc(NC(C)=O)s1)c1ccc(C)c(C)c1. The number of benzene rings is 1. The van der Waals surface area contributed by atoms with Crippen LogP contribution in [-0.2, 0) is 14.8 Å². The molecular formula is C15H20N4O3S2. The topological polar surface area (TPSA) is 101 Å². The summed E-state index contributed by atoms with van der Waals surface area (Å²) in [6.45, 7) is 7.23. The zero-order chi connectivity index (χ0) is 17.9. The Kier molecular flexibility index (Phi) is 5.68. The maximum Gasteiger partial charge on any atom is 0.270 e. The molecule has 0 radical (unpaired) electrons. The van der Waals surface area contributed by atoms with Crippen molar-refractivity contribution in [3.63, 3.8) is 0 Å². The molecule has 1 atom stereocenters. The summed E-state index contributed by atoms with van der Waals surface area (Å²) in [5.74, 6) is -0.329. The van der Waals surface area contributed by atoms with Crippen molar-refractivity contribution in [2.45, 2.75) is 44.5 Å². The number of anilines is 1. The van der Waals surface area contributed by atoms with Crippen molar-refractivity contribution in [1.29, 1.82) is 0 Å². The van der Waals surface area contributed by atoms with E-state index < -0.39 is 10.0 Å². The number of hydrogen-bond donors (Lipinski definition) is 2. The lowest BCUT2D eigenvalue weighted by Crippen LogP contribution is -2.28. The van der Waals surface area contributed by atoms with Crippen LogP contribution in [-0.4, -0.2) is 24.5 Å². The monoisotopic (exact) mass is 368 g/mol. The van der Waals surface area contributed by atoms with Crippen molar-refractivity contribution in [1.82, 2.24) is 14.9 Å². The van der Waals surface area contributed by atoms with Crippen molar-refractivity contribution in [3.8, 4) is 0 Å². The first-order chi connectivity index (χ1) is 11.2. The number of carbonyl (C=O) groups is 1. The van der Waals surface area contributed by atoms with E-state index in [9.17, 15) is 13.2 Å². The molecule has 1 heterocycles. The van der Waals surface area contributed by atoms with Gasteiger partial charge in [-0.1, -0.05) is 36.5 Å². The van der Waals surface area contributed by atoms with Gasteiger partial charge in [0, 0.05) is 13.0 Å². The molecule has 2 aromatic rings. The van der Waals surface area contributed by atoms with Crippen molar-refractivity contribution in [2.24, 2.45) is 0 Å². The lowest BCUT2D eigenvalue weighted by molar-refractivity contribution is -0.114. The van der Waals surface area contributed by atoms with E-state index in [4.69, 9.17) is 0 Å². The van der Waals surface area contributed by atoms with E-state index in [1.54, 1.807) is 0 Å². The Balaban J connectivity index is 2.23. The van der Waals surface area contributed by atoms with Gasteiger partial charge in [-0.25, -0.2) is 13.1 Å². The third-order valence-electron chi connectivity index (χ3n) is 3.56. The van der Waals surface area contributed by atoms with Gasteiger partial charge in [-0.3, -0.25) is 4.79 Å². The van der Waals surface area contributed by atoms with Crippen molar-refractivity contribution in [2.75, 3.05) is 5.32 Å². The molecule has 0 aliphatic heterocycles. The van der Waals surface area contributed by atoms with Crippen LogP contribution in [0.4, 0.5) is 5.13 Å². The quantitative estimate of drug-likeness (QED) is 0.763. The number of rotatable bonds is 6. The summed E-state index contributed by atoms with van der Waals surface area (Å²) in [7, 11) is -3.81. The predicted octanol–water partition coefficient (Wildman–Crippen LogP) is 2.54. The highest BCUT2D eigenvalue weighted by Crippen LogP contribution is 2.25. The first-order valence-electron chi connectivity index (χ1n) is 7.43. The summed E-state index contributed by atoms with van der Waals surface area (Å²) in [6.07, 6.45) is 0.596. The van der Waals surface area contributed by atoms with Gasteiger partial charge in [0.1, 0.15) is 0 Å². The molecule has 0 spiro atoms. The highest BCUT2D eigenvalue weighted by atomic mass is 32.2. The average Bonchev–Trinajstić information content (AvgIpc) is 2.96. The largest absolute Gasteiger partial charge is 0.301 e. The molecule has 0 saturated carbocycles. The summed E-state index contributed by atoms with van der Waals surface area (Å²) in [5.41, 5.74) is 3.16. The second kappa shape index (κ2) is 7.37. The second-order valence-corrected chi connectivity index (χ2v) is 8.35. The third-order valence-corrected chi connectivity index (χ3v) is 6.24. The van der Waals surface area contributed by atoms with Crippen LogP contribution in [0.3, 0.4) is 0 Å². The van der Waals surface area contributed by atoms with Gasteiger partial charge in [0.05, 0.1) is 0 Å². The van der Waals surface area contributed by atoms with Crippen molar-refractivity contribution >= 4 is 32.4 Å².